The lowest BCUT2D eigenvalue weighted by Crippen LogP contribution is -2.11. The lowest BCUT2D eigenvalue weighted by atomic mass is 10.2. The second-order valence-electron chi connectivity index (χ2n) is 4.39. The van der Waals surface area contributed by atoms with Gasteiger partial charge in [0.2, 0.25) is 5.95 Å². The zero-order valence-corrected chi connectivity index (χ0v) is 13.4. The topological polar surface area (TPSA) is 60.9 Å². The molecule has 1 aromatic heterocycles. The number of nitrogen functional groups attached to an aromatic ring is 1. The first kappa shape index (κ1) is 13.8. The Kier molecular flexibility index (Phi) is 4.26. The summed E-state index contributed by atoms with van der Waals surface area (Å²) in [5.41, 5.74) is 7.95. The lowest BCUT2D eigenvalue weighted by Gasteiger charge is -2.15. The third-order valence-electron chi connectivity index (χ3n) is 2.94. The predicted molar refractivity (Wildman–Crippen MR) is 85.1 cm³/mol. The molecule has 0 aliphatic carbocycles. The molecule has 2 N–H and O–H groups in total. The Morgan fingerprint density at radius 1 is 1.56 bits per heavy atom. The van der Waals surface area contributed by atoms with E-state index in [1.54, 1.807) is 6.26 Å². The smallest absolute Gasteiger partial charge is 0.201 e. The quantitative estimate of drug-likeness (QED) is 0.834. The lowest BCUT2D eigenvalue weighted by molar-refractivity contribution is 0.552. The van der Waals surface area contributed by atoms with Crippen LogP contribution in [0.3, 0.4) is 0 Å². The Labute approximate surface area is 123 Å². The van der Waals surface area contributed by atoms with Crippen LogP contribution in [0.2, 0.25) is 0 Å². The first-order valence-electron chi connectivity index (χ1n) is 5.72. The average molecular weight is 377 g/mol. The van der Waals surface area contributed by atoms with Gasteiger partial charge < -0.3 is 10.3 Å². The monoisotopic (exact) mass is 377 g/mol. The molecule has 0 saturated heterocycles. The Balaban J connectivity index is 2.37. The van der Waals surface area contributed by atoms with Crippen LogP contribution in [-0.2, 0) is 10.8 Å². The number of nitrogens with two attached hydrogens (primary N) is 1. The molecule has 0 aliphatic heterocycles. The molecule has 0 spiro atoms. The average Bonchev–Trinajstić information content (AvgIpc) is 2.61. The van der Waals surface area contributed by atoms with E-state index in [4.69, 9.17) is 5.73 Å². The van der Waals surface area contributed by atoms with Gasteiger partial charge in [0, 0.05) is 32.4 Å². The van der Waals surface area contributed by atoms with Gasteiger partial charge in [0.15, 0.2) is 0 Å². The van der Waals surface area contributed by atoms with Gasteiger partial charge in [-0.1, -0.05) is 0 Å². The number of aromatic nitrogens is 2. The molecule has 0 bridgehead atoms. The summed E-state index contributed by atoms with van der Waals surface area (Å²) in [4.78, 5) is 4.38. The van der Waals surface area contributed by atoms with Gasteiger partial charge in [-0.15, -0.1) is 0 Å². The fourth-order valence-corrected chi connectivity index (χ4v) is 3.17. The van der Waals surface area contributed by atoms with Crippen molar-refractivity contribution in [3.63, 3.8) is 0 Å². The van der Waals surface area contributed by atoms with E-state index in [9.17, 15) is 4.21 Å². The van der Waals surface area contributed by atoms with E-state index in [2.05, 4.69) is 34.5 Å². The summed E-state index contributed by atoms with van der Waals surface area (Å²) in [6.07, 6.45) is 2.56. The molecule has 0 fully saturated rings. The normalized spacial score (nSPS) is 14.8. The second-order valence-corrected chi connectivity index (χ2v) is 7.19. The number of hydrogen-bond acceptors (Lipinski definition) is 3. The van der Waals surface area contributed by atoms with E-state index in [1.807, 2.05) is 22.8 Å². The zero-order valence-electron chi connectivity index (χ0n) is 10.4. The fraction of sp³-hybridized carbons (Fsp3) is 0.417. The molecular formula is C12H16IN3OS. The summed E-state index contributed by atoms with van der Waals surface area (Å²) in [5, 5.41) is 0. The Hall–Kier alpha value is -0.630. The molecule has 18 heavy (non-hydrogen) atoms. The van der Waals surface area contributed by atoms with Crippen molar-refractivity contribution in [2.24, 2.45) is 0 Å². The van der Waals surface area contributed by atoms with E-state index >= 15 is 0 Å². The van der Waals surface area contributed by atoms with Gasteiger partial charge in [0.1, 0.15) is 0 Å². The predicted octanol–water partition coefficient (Wildman–Crippen LogP) is 2.55. The van der Waals surface area contributed by atoms with Crippen LogP contribution < -0.4 is 5.73 Å². The molecule has 98 valence electrons. The zero-order chi connectivity index (χ0) is 13.3. The first-order chi connectivity index (χ1) is 8.49. The summed E-state index contributed by atoms with van der Waals surface area (Å²) >= 11 is 2.26. The van der Waals surface area contributed by atoms with Gasteiger partial charge in [-0.2, -0.15) is 0 Å². The fourth-order valence-electron chi connectivity index (χ4n) is 2.02. The molecule has 2 rings (SSSR count). The SMILES string of the molecule is CC(CCS(C)=O)n1c(N)nc2cc(I)ccc21. The van der Waals surface area contributed by atoms with E-state index in [-0.39, 0.29) is 6.04 Å². The summed E-state index contributed by atoms with van der Waals surface area (Å²) in [5.74, 6) is 1.21. The minimum absolute atomic E-state index is 0.207. The van der Waals surface area contributed by atoms with Crippen molar-refractivity contribution in [2.75, 3.05) is 17.7 Å². The van der Waals surface area contributed by atoms with Crippen LogP contribution in [0.5, 0.6) is 0 Å². The Morgan fingerprint density at radius 3 is 2.94 bits per heavy atom. The van der Waals surface area contributed by atoms with Crippen molar-refractivity contribution < 1.29 is 4.21 Å². The van der Waals surface area contributed by atoms with E-state index in [0.29, 0.717) is 11.7 Å². The minimum atomic E-state index is -0.768. The maximum atomic E-state index is 11.2. The molecule has 2 aromatic rings. The number of hydrogen-bond donors (Lipinski definition) is 1. The number of fused-ring (bicyclic) bond motifs is 1. The highest BCUT2D eigenvalue weighted by molar-refractivity contribution is 14.1. The van der Waals surface area contributed by atoms with Gasteiger partial charge in [-0.3, -0.25) is 4.21 Å². The maximum Gasteiger partial charge on any atom is 0.201 e. The highest BCUT2D eigenvalue weighted by Gasteiger charge is 2.14. The third-order valence-corrected chi connectivity index (χ3v) is 4.42. The Bertz CT molecular complexity index is 596. The highest BCUT2D eigenvalue weighted by Crippen LogP contribution is 2.25. The van der Waals surface area contributed by atoms with Crippen LogP contribution >= 0.6 is 22.6 Å². The van der Waals surface area contributed by atoms with Crippen molar-refractivity contribution in [1.82, 2.24) is 9.55 Å². The first-order valence-corrected chi connectivity index (χ1v) is 8.52. The van der Waals surface area contributed by atoms with Crippen LogP contribution in [0.4, 0.5) is 5.95 Å². The number of imidazole rings is 1. The molecule has 0 aliphatic rings. The van der Waals surface area contributed by atoms with Gasteiger partial charge >= 0.3 is 0 Å². The molecular weight excluding hydrogens is 361 g/mol. The molecule has 1 heterocycles. The third kappa shape index (κ3) is 2.85. The Morgan fingerprint density at radius 2 is 2.28 bits per heavy atom. The van der Waals surface area contributed by atoms with Crippen LogP contribution in [0, 0.1) is 3.57 Å². The summed E-state index contributed by atoms with van der Waals surface area (Å²) < 4.78 is 14.3. The summed E-state index contributed by atoms with van der Waals surface area (Å²) in [6.45, 7) is 2.09. The number of nitrogens with zero attached hydrogens (tertiary/aromatic N) is 2. The van der Waals surface area contributed by atoms with Crippen molar-refractivity contribution in [1.29, 1.82) is 0 Å². The van der Waals surface area contributed by atoms with Gasteiger partial charge in [-0.05, 0) is 54.1 Å². The number of halogens is 1. The van der Waals surface area contributed by atoms with Gasteiger partial charge in [0.25, 0.3) is 0 Å². The van der Waals surface area contributed by atoms with Gasteiger partial charge in [0.05, 0.1) is 11.0 Å². The largest absolute Gasteiger partial charge is 0.369 e. The second kappa shape index (κ2) is 5.56. The molecule has 6 heteroatoms. The standard InChI is InChI=1S/C12H16IN3OS/c1-8(5-6-18(2)17)16-11-4-3-9(13)7-10(11)15-12(16)14/h3-4,7-8H,5-6H2,1-2H3,(H2,14,15). The highest BCUT2D eigenvalue weighted by atomic mass is 127. The number of rotatable bonds is 4. The molecule has 4 nitrogen and oxygen atoms in total. The van der Waals surface area contributed by atoms with Gasteiger partial charge in [-0.25, -0.2) is 4.98 Å². The van der Waals surface area contributed by atoms with Crippen molar-refractivity contribution in [3.05, 3.63) is 21.8 Å². The maximum absolute atomic E-state index is 11.2. The van der Waals surface area contributed by atoms with Crippen molar-refractivity contribution in [3.8, 4) is 0 Å². The molecule has 2 atom stereocenters. The summed E-state index contributed by atoms with van der Waals surface area (Å²) in [6, 6.07) is 6.32. The van der Waals surface area contributed by atoms with E-state index < -0.39 is 10.8 Å². The van der Waals surface area contributed by atoms with Crippen molar-refractivity contribution >= 4 is 50.4 Å². The van der Waals surface area contributed by atoms with E-state index in [1.165, 1.54) is 0 Å². The molecule has 1 aromatic carbocycles. The van der Waals surface area contributed by atoms with Crippen LogP contribution in [0.1, 0.15) is 19.4 Å². The summed E-state index contributed by atoms with van der Waals surface area (Å²) in [7, 11) is -0.768. The minimum Gasteiger partial charge on any atom is -0.369 e. The number of anilines is 1. The molecule has 0 saturated carbocycles. The van der Waals surface area contributed by atoms with E-state index in [0.717, 1.165) is 21.0 Å². The number of benzene rings is 1. The molecule has 0 amide bonds. The van der Waals surface area contributed by atoms with Crippen LogP contribution in [0.25, 0.3) is 11.0 Å². The molecule has 2 unspecified atom stereocenters. The van der Waals surface area contributed by atoms with Crippen LogP contribution in [0.15, 0.2) is 18.2 Å². The van der Waals surface area contributed by atoms with Crippen LogP contribution in [-0.4, -0.2) is 25.8 Å². The molecule has 0 radical (unpaired) electrons. The van der Waals surface area contributed by atoms with Crippen molar-refractivity contribution in [2.45, 2.75) is 19.4 Å².